The molecule has 2 aromatic rings. The van der Waals surface area contributed by atoms with Gasteiger partial charge in [0, 0.05) is 6.42 Å². The fourth-order valence-corrected chi connectivity index (χ4v) is 1.94. The molecule has 0 aliphatic rings. The monoisotopic (exact) mass is 318 g/mol. The minimum Gasteiger partial charge on any atom is -0.497 e. The molecule has 3 N–H and O–H groups in total. The number of aromatic nitrogens is 2. The molecule has 0 bridgehead atoms. The van der Waals surface area contributed by atoms with Crippen molar-refractivity contribution in [3.05, 3.63) is 41.5 Å². The van der Waals surface area contributed by atoms with Gasteiger partial charge in [-0.25, -0.2) is 0 Å². The fourth-order valence-electron chi connectivity index (χ4n) is 1.94. The predicted octanol–water partition coefficient (Wildman–Crippen LogP) is 1.27. The maximum absolute atomic E-state index is 11.8. The lowest BCUT2D eigenvalue weighted by Crippen LogP contribution is -2.43. The van der Waals surface area contributed by atoms with E-state index in [1.54, 1.807) is 7.11 Å². The highest BCUT2D eigenvalue weighted by Gasteiger charge is 2.17. The normalized spacial score (nSPS) is 12.2. The molecule has 124 valence electrons. The van der Waals surface area contributed by atoms with Gasteiger partial charge >= 0.3 is 0 Å². The molecule has 2 rings (SSSR count). The maximum Gasteiger partial charge on any atom is 0.246 e. The molecule has 0 fully saturated rings. The molecule has 1 aromatic carbocycles. The van der Waals surface area contributed by atoms with Gasteiger partial charge in [0.1, 0.15) is 5.75 Å². The van der Waals surface area contributed by atoms with Crippen LogP contribution in [-0.2, 0) is 17.8 Å². The number of amides is 1. The summed E-state index contributed by atoms with van der Waals surface area (Å²) in [5, 5.41) is 6.61. The number of ether oxygens (including phenoxy) is 1. The number of hydrogen-bond donors (Lipinski definition) is 2. The van der Waals surface area contributed by atoms with E-state index >= 15 is 0 Å². The van der Waals surface area contributed by atoms with Crippen molar-refractivity contribution in [2.24, 2.45) is 11.7 Å². The van der Waals surface area contributed by atoms with Crippen molar-refractivity contribution < 1.29 is 14.1 Å². The summed E-state index contributed by atoms with van der Waals surface area (Å²) in [4.78, 5) is 16.0. The Bertz CT molecular complexity index is 637. The molecule has 1 amide bonds. The van der Waals surface area contributed by atoms with Crippen molar-refractivity contribution in [3.8, 4) is 5.75 Å². The molecular weight excluding hydrogens is 296 g/mol. The van der Waals surface area contributed by atoms with Crippen molar-refractivity contribution >= 4 is 5.91 Å². The second kappa shape index (κ2) is 7.73. The molecule has 7 heteroatoms. The number of methoxy groups -OCH3 is 1. The standard InChI is InChI=1S/C16H22N4O3/c1-10(2)15(17)16(21)18-9-14-19-13(20-23-14)8-11-4-6-12(22-3)7-5-11/h4-7,10,15H,8-9,17H2,1-3H3,(H,18,21)/t15-/m0/s1. The van der Waals surface area contributed by atoms with Crippen LogP contribution in [0.4, 0.5) is 0 Å². The first-order valence-corrected chi connectivity index (χ1v) is 7.47. The van der Waals surface area contributed by atoms with Gasteiger partial charge in [-0.05, 0) is 23.6 Å². The van der Waals surface area contributed by atoms with Gasteiger partial charge in [0.25, 0.3) is 0 Å². The van der Waals surface area contributed by atoms with Gasteiger partial charge in [-0.1, -0.05) is 31.1 Å². The highest BCUT2D eigenvalue weighted by molar-refractivity contribution is 5.81. The Morgan fingerprint density at radius 1 is 1.35 bits per heavy atom. The van der Waals surface area contributed by atoms with Crippen LogP contribution in [0.25, 0.3) is 0 Å². The number of nitrogens with zero attached hydrogens (tertiary/aromatic N) is 2. The van der Waals surface area contributed by atoms with Crippen LogP contribution < -0.4 is 15.8 Å². The number of rotatable bonds is 7. The summed E-state index contributed by atoms with van der Waals surface area (Å²) < 4.78 is 10.2. The third kappa shape index (κ3) is 4.79. The van der Waals surface area contributed by atoms with E-state index in [1.165, 1.54) is 0 Å². The zero-order chi connectivity index (χ0) is 16.8. The molecule has 0 spiro atoms. The van der Waals surface area contributed by atoms with E-state index in [4.69, 9.17) is 15.0 Å². The molecule has 1 atom stereocenters. The Morgan fingerprint density at radius 2 is 2.04 bits per heavy atom. The van der Waals surface area contributed by atoms with Gasteiger partial charge in [0.2, 0.25) is 11.8 Å². The lowest BCUT2D eigenvalue weighted by molar-refractivity contribution is -0.123. The topological polar surface area (TPSA) is 103 Å². The van der Waals surface area contributed by atoms with E-state index in [9.17, 15) is 4.79 Å². The Balaban J connectivity index is 1.88. The van der Waals surface area contributed by atoms with Crippen molar-refractivity contribution in [2.45, 2.75) is 32.9 Å². The summed E-state index contributed by atoms with van der Waals surface area (Å²) in [6, 6.07) is 7.10. The Hall–Kier alpha value is -2.41. The van der Waals surface area contributed by atoms with Gasteiger partial charge in [-0.15, -0.1) is 0 Å². The predicted molar refractivity (Wildman–Crippen MR) is 84.8 cm³/mol. The van der Waals surface area contributed by atoms with E-state index in [0.29, 0.717) is 18.1 Å². The van der Waals surface area contributed by atoms with Gasteiger partial charge in [-0.3, -0.25) is 4.79 Å². The van der Waals surface area contributed by atoms with E-state index in [1.807, 2.05) is 38.1 Å². The zero-order valence-corrected chi connectivity index (χ0v) is 13.6. The second-order valence-electron chi connectivity index (χ2n) is 5.62. The Labute approximate surface area is 135 Å². The maximum atomic E-state index is 11.8. The quantitative estimate of drug-likeness (QED) is 0.797. The lowest BCUT2D eigenvalue weighted by atomic mass is 10.1. The molecule has 0 unspecified atom stereocenters. The smallest absolute Gasteiger partial charge is 0.246 e. The molecule has 1 heterocycles. The minimum absolute atomic E-state index is 0.0725. The number of nitrogens with one attached hydrogen (secondary N) is 1. The number of carbonyl (C=O) groups excluding carboxylic acids is 1. The molecule has 1 aromatic heterocycles. The van der Waals surface area contributed by atoms with Crippen LogP contribution in [-0.4, -0.2) is 29.2 Å². The van der Waals surface area contributed by atoms with Crippen molar-refractivity contribution in [1.29, 1.82) is 0 Å². The summed E-state index contributed by atoms with van der Waals surface area (Å²) in [6.45, 7) is 3.96. The fraction of sp³-hybridized carbons (Fsp3) is 0.438. The largest absolute Gasteiger partial charge is 0.497 e. The molecule has 0 saturated carbocycles. The third-order valence-corrected chi connectivity index (χ3v) is 3.47. The molecule has 0 aliphatic carbocycles. The van der Waals surface area contributed by atoms with Crippen molar-refractivity contribution in [2.75, 3.05) is 7.11 Å². The van der Waals surface area contributed by atoms with Gasteiger partial charge in [0.05, 0.1) is 19.7 Å². The van der Waals surface area contributed by atoms with Gasteiger partial charge in [0.15, 0.2) is 5.82 Å². The first kappa shape index (κ1) is 17.0. The summed E-state index contributed by atoms with van der Waals surface area (Å²) in [6.07, 6.45) is 0.549. The molecule has 0 aliphatic heterocycles. The van der Waals surface area contributed by atoms with Gasteiger partial charge in [-0.2, -0.15) is 4.98 Å². The van der Waals surface area contributed by atoms with Crippen molar-refractivity contribution in [1.82, 2.24) is 15.5 Å². The van der Waals surface area contributed by atoms with E-state index in [0.717, 1.165) is 11.3 Å². The molecule has 23 heavy (non-hydrogen) atoms. The number of hydrogen-bond acceptors (Lipinski definition) is 6. The van der Waals surface area contributed by atoms with Crippen LogP contribution in [0.2, 0.25) is 0 Å². The number of benzene rings is 1. The van der Waals surface area contributed by atoms with E-state index in [-0.39, 0.29) is 18.4 Å². The van der Waals surface area contributed by atoms with E-state index < -0.39 is 6.04 Å². The summed E-state index contributed by atoms with van der Waals surface area (Å²) in [5.41, 5.74) is 6.81. The van der Waals surface area contributed by atoms with E-state index in [2.05, 4.69) is 15.5 Å². The van der Waals surface area contributed by atoms with Crippen LogP contribution in [0.5, 0.6) is 5.75 Å². The highest BCUT2D eigenvalue weighted by atomic mass is 16.5. The van der Waals surface area contributed by atoms with Crippen LogP contribution >= 0.6 is 0 Å². The Kier molecular flexibility index (Phi) is 5.70. The minimum atomic E-state index is -0.545. The summed E-state index contributed by atoms with van der Waals surface area (Å²) in [5.74, 6) is 1.57. The highest BCUT2D eigenvalue weighted by Crippen LogP contribution is 2.13. The van der Waals surface area contributed by atoms with Crippen molar-refractivity contribution in [3.63, 3.8) is 0 Å². The van der Waals surface area contributed by atoms with Crippen LogP contribution in [0.3, 0.4) is 0 Å². The first-order valence-electron chi connectivity index (χ1n) is 7.47. The average Bonchev–Trinajstić information content (AvgIpc) is 3.00. The first-order chi connectivity index (χ1) is 11.0. The number of carbonyl (C=O) groups is 1. The molecule has 0 radical (unpaired) electrons. The number of nitrogens with two attached hydrogens (primary N) is 1. The Morgan fingerprint density at radius 3 is 2.65 bits per heavy atom. The lowest BCUT2D eigenvalue weighted by Gasteiger charge is -2.14. The summed E-state index contributed by atoms with van der Waals surface area (Å²) in [7, 11) is 1.62. The molecular formula is C16H22N4O3. The average molecular weight is 318 g/mol. The molecule has 0 saturated heterocycles. The van der Waals surface area contributed by atoms with Crippen LogP contribution in [0.1, 0.15) is 31.1 Å². The third-order valence-electron chi connectivity index (χ3n) is 3.47. The van der Waals surface area contributed by atoms with Gasteiger partial charge < -0.3 is 20.3 Å². The summed E-state index contributed by atoms with van der Waals surface area (Å²) >= 11 is 0. The second-order valence-corrected chi connectivity index (χ2v) is 5.62. The van der Waals surface area contributed by atoms with Crippen LogP contribution in [0, 0.1) is 5.92 Å². The zero-order valence-electron chi connectivity index (χ0n) is 13.6. The SMILES string of the molecule is COc1ccc(Cc2noc(CNC(=O)[C@@H](N)C(C)C)n2)cc1. The molecule has 7 nitrogen and oxygen atoms in total. The van der Waals surface area contributed by atoms with Crippen LogP contribution in [0.15, 0.2) is 28.8 Å².